The van der Waals surface area contributed by atoms with Crippen LogP contribution in [0.25, 0.3) is 5.69 Å². The van der Waals surface area contributed by atoms with E-state index >= 15 is 0 Å². The van der Waals surface area contributed by atoms with Crippen molar-refractivity contribution in [2.75, 3.05) is 19.6 Å². The Kier molecular flexibility index (Phi) is 5.68. The van der Waals surface area contributed by atoms with Crippen LogP contribution in [0, 0.1) is 5.41 Å². The molecular weight excluding hydrogens is 316 g/mol. The topological polar surface area (TPSA) is 84.7 Å². The molecule has 0 atom stereocenters. The van der Waals surface area contributed by atoms with Crippen LogP contribution in [0.3, 0.4) is 0 Å². The molecule has 2 heterocycles. The zero-order valence-electron chi connectivity index (χ0n) is 13.0. The van der Waals surface area contributed by atoms with Gasteiger partial charge in [0.1, 0.15) is 6.33 Å². The summed E-state index contributed by atoms with van der Waals surface area (Å²) in [5.41, 5.74) is 1.56. The van der Waals surface area contributed by atoms with E-state index in [0.29, 0.717) is 12.1 Å². The van der Waals surface area contributed by atoms with Gasteiger partial charge in [-0.1, -0.05) is 13.0 Å². The van der Waals surface area contributed by atoms with E-state index in [1.165, 1.54) is 11.0 Å². The lowest BCUT2D eigenvalue weighted by molar-refractivity contribution is 0.0922. The van der Waals surface area contributed by atoms with E-state index < -0.39 is 0 Å². The molecule has 124 valence electrons. The van der Waals surface area contributed by atoms with Gasteiger partial charge in [-0.15, -0.1) is 17.5 Å². The first-order valence-electron chi connectivity index (χ1n) is 7.49. The molecule has 3 rings (SSSR count). The Hall–Kier alpha value is -1.99. The highest BCUT2D eigenvalue weighted by Crippen LogP contribution is 2.26. The van der Waals surface area contributed by atoms with Gasteiger partial charge in [0.05, 0.1) is 5.69 Å². The maximum Gasteiger partial charge on any atom is 0.251 e. The number of halogens is 1. The first-order chi connectivity index (χ1) is 10.7. The van der Waals surface area contributed by atoms with Crippen molar-refractivity contribution in [2.24, 2.45) is 5.41 Å². The zero-order chi connectivity index (χ0) is 15.4. The summed E-state index contributed by atoms with van der Waals surface area (Å²) in [7, 11) is 0. The summed E-state index contributed by atoms with van der Waals surface area (Å²) in [6, 6.07) is 7.28. The number of piperidine rings is 1. The third-order valence-corrected chi connectivity index (χ3v) is 4.21. The predicted octanol–water partition coefficient (Wildman–Crippen LogP) is 1.20. The van der Waals surface area contributed by atoms with E-state index in [1.807, 2.05) is 12.1 Å². The van der Waals surface area contributed by atoms with Crippen molar-refractivity contribution in [3.8, 4) is 5.69 Å². The average molecular weight is 337 g/mol. The second-order valence-corrected chi connectivity index (χ2v) is 6.05. The Bertz CT molecular complexity index is 639. The molecule has 8 heteroatoms. The summed E-state index contributed by atoms with van der Waals surface area (Å²) in [6.07, 6.45) is 3.67. The molecule has 2 aromatic rings. The predicted molar refractivity (Wildman–Crippen MR) is 88.9 cm³/mol. The van der Waals surface area contributed by atoms with Crippen LogP contribution >= 0.6 is 12.4 Å². The van der Waals surface area contributed by atoms with Crippen LogP contribution in [-0.2, 0) is 0 Å². The molecule has 0 radical (unpaired) electrons. The maximum absolute atomic E-state index is 12.4. The highest BCUT2D eigenvalue weighted by molar-refractivity contribution is 5.94. The van der Waals surface area contributed by atoms with Crippen LogP contribution in [0.15, 0.2) is 30.6 Å². The normalized spacial score (nSPS) is 16.4. The maximum atomic E-state index is 12.4. The van der Waals surface area contributed by atoms with Gasteiger partial charge in [0.15, 0.2) is 0 Å². The molecule has 0 bridgehead atoms. The SMILES string of the molecule is CC1(CNC(=O)c2cccc(-n3cnnn3)c2)CCNCC1.Cl. The summed E-state index contributed by atoms with van der Waals surface area (Å²) < 4.78 is 1.53. The molecule has 1 amide bonds. The molecular formula is C15H21ClN6O. The minimum atomic E-state index is -0.0605. The van der Waals surface area contributed by atoms with Gasteiger partial charge in [0.2, 0.25) is 0 Å². The summed E-state index contributed by atoms with van der Waals surface area (Å²) in [6.45, 7) is 4.95. The van der Waals surface area contributed by atoms with Crippen LogP contribution in [0.4, 0.5) is 0 Å². The summed E-state index contributed by atoms with van der Waals surface area (Å²) >= 11 is 0. The minimum absolute atomic E-state index is 0. The molecule has 1 aliphatic rings. The summed E-state index contributed by atoms with van der Waals surface area (Å²) in [5.74, 6) is -0.0605. The number of aromatic nitrogens is 4. The molecule has 1 aliphatic heterocycles. The standard InChI is InChI=1S/C15H20N6O.ClH/c1-15(5-7-16-8-6-15)10-17-14(22)12-3-2-4-13(9-12)21-11-18-19-20-21;/h2-4,9,11,16H,5-8,10H2,1H3,(H,17,22);1H. The van der Waals surface area contributed by atoms with E-state index in [4.69, 9.17) is 0 Å². The second kappa shape index (κ2) is 7.52. The number of amides is 1. The van der Waals surface area contributed by atoms with Crippen molar-refractivity contribution < 1.29 is 4.79 Å². The largest absolute Gasteiger partial charge is 0.351 e. The number of hydrogen-bond donors (Lipinski definition) is 2. The molecule has 0 saturated carbocycles. The van der Waals surface area contributed by atoms with Crippen LogP contribution in [0.2, 0.25) is 0 Å². The van der Waals surface area contributed by atoms with Crippen molar-refractivity contribution in [1.29, 1.82) is 0 Å². The molecule has 2 N–H and O–H groups in total. The van der Waals surface area contributed by atoms with E-state index in [2.05, 4.69) is 33.1 Å². The van der Waals surface area contributed by atoms with E-state index in [1.54, 1.807) is 12.1 Å². The van der Waals surface area contributed by atoms with Crippen LogP contribution < -0.4 is 10.6 Å². The fourth-order valence-corrected chi connectivity index (χ4v) is 2.67. The van der Waals surface area contributed by atoms with E-state index in [0.717, 1.165) is 31.6 Å². The van der Waals surface area contributed by atoms with Crippen LogP contribution in [0.1, 0.15) is 30.1 Å². The Morgan fingerprint density at radius 2 is 2.17 bits per heavy atom. The third-order valence-electron chi connectivity index (χ3n) is 4.21. The number of benzene rings is 1. The minimum Gasteiger partial charge on any atom is -0.351 e. The molecule has 1 aromatic heterocycles. The average Bonchev–Trinajstić information content (AvgIpc) is 3.08. The molecule has 0 aliphatic carbocycles. The molecule has 0 spiro atoms. The Labute approximate surface area is 141 Å². The van der Waals surface area contributed by atoms with Gasteiger partial charge in [-0.3, -0.25) is 4.79 Å². The van der Waals surface area contributed by atoms with Crippen molar-refractivity contribution in [3.05, 3.63) is 36.2 Å². The summed E-state index contributed by atoms with van der Waals surface area (Å²) in [5, 5.41) is 17.4. The number of nitrogens with zero attached hydrogens (tertiary/aromatic N) is 4. The van der Waals surface area contributed by atoms with Gasteiger partial charge in [-0.25, -0.2) is 4.68 Å². The molecule has 1 fully saturated rings. The highest BCUT2D eigenvalue weighted by Gasteiger charge is 2.27. The monoisotopic (exact) mass is 336 g/mol. The number of tetrazole rings is 1. The molecule has 1 aromatic carbocycles. The lowest BCUT2D eigenvalue weighted by Crippen LogP contribution is -2.42. The quantitative estimate of drug-likeness (QED) is 0.876. The number of nitrogens with one attached hydrogen (secondary N) is 2. The van der Waals surface area contributed by atoms with E-state index in [-0.39, 0.29) is 23.7 Å². The Balaban J connectivity index is 0.00000192. The first kappa shape index (κ1) is 17.4. The van der Waals surface area contributed by atoms with Gasteiger partial charge in [-0.05, 0) is 60.0 Å². The fourth-order valence-electron chi connectivity index (χ4n) is 2.67. The van der Waals surface area contributed by atoms with Crippen LogP contribution in [-0.4, -0.2) is 45.7 Å². The zero-order valence-corrected chi connectivity index (χ0v) is 13.8. The first-order valence-corrected chi connectivity index (χ1v) is 7.49. The lowest BCUT2D eigenvalue weighted by Gasteiger charge is -2.34. The lowest BCUT2D eigenvalue weighted by atomic mass is 9.81. The number of rotatable bonds is 4. The molecule has 23 heavy (non-hydrogen) atoms. The van der Waals surface area contributed by atoms with Gasteiger partial charge in [0.25, 0.3) is 5.91 Å². The second-order valence-electron chi connectivity index (χ2n) is 6.05. The van der Waals surface area contributed by atoms with Gasteiger partial charge in [0, 0.05) is 12.1 Å². The fraction of sp³-hybridized carbons (Fsp3) is 0.467. The van der Waals surface area contributed by atoms with Crippen molar-refractivity contribution in [2.45, 2.75) is 19.8 Å². The molecule has 1 saturated heterocycles. The highest BCUT2D eigenvalue weighted by atomic mass is 35.5. The van der Waals surface area contributed by atoms with Crippen molar-refractivity contribution in [3.63, 3.8) is 0 Å². The molecule has 7 nitrogen and oxygen atoms in total. The number of hydrogen-bond acceptors (Lipinski definition) is 5. The van der Waals surface area contributed by atoms with Gasteiger partial charge >= 0.3 is 0 Å². The third kappa shape index (κ3) is 4.27. The number of carbonyl (C=O) groups excluding carboxylic acids is 1. The molecule has 0 unspecified atom stereocenters. The number of carbonyl (C=O) groups is 1. The van der Waals surface area contributed by atoms with Crippen LogP contribution in [0.5, 0.6) is 0 Å². The van der Waals surface area contributed by atoms with Crippen molar-refractivity contribution >= 4 is 18.3 Å². The van der Waals surface area contributed by atoms with Crippen molar-refractivity contribution in [1.82, 2.24) is 30.8 Å². The Morgan fingerprint density at radius 3 is 2.87 bits per heavy atom. The Morgan fingerprint density at radius 1 is 1.39 bits per heavy atom. The van der Waals surface area contributed by atoms with E-state index in [9.17, 15) is 4.79 Å². The smallest absolute Gasteiger partial charge is 0.251 e. The van der Waals surface area contributed by atoms with Gasteiger partial charge in [-0.2, -0.15) is 0 Å². The van der Waals surface area contributed by atoms with Gasteiger partial charge < -0.3 is 10.6 Å². The summed E-state index contributed by atoms with van der Waals surface area (Å²) in [4.78, 5) is 12.4.